The van der Waals surface area contributed by atoms with Gasteiger partial charge in [0.05, 0.1) is 7.11 Å². The van der Waals surface area contributed by atoms with Crippen LogP contribution in [0.25, 0.3) is 0 Å². The van der Waals surface area contributed by atoms with E-state index in [-0.39, 0.29) is 12.4 Å². The Kier molecular flexibility index (Phi) is 6.47. The summed E-state index contributed by atoms with van der Waals surface area (Å²) in [6, 6.07) is 8.86. The molecule has 18 heavy (non-hydrogen) atoms. The van der Waals surface area contributed by atoms with Crippen LogP contribution in [0.2, 0.25) is 0 Å². The summed E-state index contributed by atoms with van der Waals surface area (Å²) >= 11 is 0. The molecule has 3 nitrogen and oxygen atoms in total. The molecular formula is C14H23ClN2O. The predicted octanol–water partition coefficient (Wildman–Crippen LogP) is 2.47. The summed E-state index contributed by atoms with van der Waals surface area (Å²) in [6.07, 6.45) is 1.23. The van der Waals surface area contributed by atoms with Crippen molar-refractivity contribution in [2.45, 2.75) is 19.4 Å². The van der Waals surface area contributed by atoms with Gasteiger partial charge in [-0.25, -0.2) is 0 Å². The van der Waals surface area contributed by atoms with E-state index < -0.39 is 0 Å². The maximum Gasteiger partial charge on any atom is 0.119 e. The largest absolute Gasteiger partial charge is 0.497 e. The van der Waals surface area contributed by atoms with Crippen molar-refractivity contribution in [2.75, 3.05) is 33.3 Å². The smallest absolute Gasteiger partial charge is 0.119 e. The van der Waals surface area contributed by atoms with Crippen molar-refractivity contribution in [1.82, 2.24) is 10.2 Å². The van der Waals surface area contributed by atoms with Crippen molar-refractivity contribution >= 4 is 12.4 Å². The fourth-order valence-electron chi connectivity index (χ4n) is 2.37. The van der Waals surface area contributed by atoms with E-state index in [4.69, 9.17) is 4.74 Å². The monoisotopic (exact) mass is 270 g/mol. The second-order valence-corrected chi connectivity index (χ2v) is 4.59. The molecule has 0 spiro atoms. The molecule has 1 aliphatic heterocycles. The molecule has 0 aliphatic carbocycles. The molecule has 1 fully saturated rings. The number of rotatable bonds is 3. The Bertz CT molecular complexity index is 351. The van der Waals surface area contributed by atoms with E-state index in [9.17, 15) is 0 Å². The second kappa shape index (κ2) is 7.62. The molecule has 1 aliphatic rings. The SMILES string of the molecule is COc1cccc(C(C)N2CCCNCC2)c1.Cl. The van der Waals surface area contributed by atoms with Crippen molar-refractivity contribution < 1.29 is 4.74 Å². The number of nitrogens with zero attached hydrogens (tertiary/aromatic N) is 1. The van der Waals surface area contributed by atoms with Crippen LogP contribution in [-0.4, -0.2) is 38.2 Å². The number of methoxy groups -OCH3 is 1. The van der Waals surface area contributed by atoms with Gasteiger partial charge in [0.25, 0.3) is 0 Å². The number of halogens is 1. The van der Waals surface area contributed by atoms with Crippen LogP contribution in [0, 0.1) is 0 Å². The molecule has 1 saturated heterocycles. The van der Waals surface area contributed by atoms with Gasteiger partial charge in [-0.3, -0.25) is 4.90 Å². The summed E-state index contributed by atoms with van der Waals surface area (Å²) in [5.74, 6) is 0.947. The van der Waals surface area contributed by atoms with Gasteiger partial charge in [-0.2, -0.15) is 0 Å². The maximum atomic E-state index is 5.29. The Hall–Kier alpha value is -0.770. The molecule has 1 atom stereocenters. The van der Waals surface area contributed by atoms with Crippen LogP contribution in [0.5, 0.6) is 5.75 Å². The first-order valence-corrected chi connectivity index (χ1v) is 6.40. The van der Waals surface area contributed by atoms with E-state index in [0.717, 1.165) is 25.4 Å². The fourth-order valence-corrected chi connectivity index (χ4v) is 2.37. The van der Waals surface area contributed by atoms with E-state index in [1.54, 1.807) is 7.11 Å². The average molecular weight is 271 g/mol. The highest BCUT2D eigenvalue weighted by Crippen LogP contribution is 2.24. The molecule has 0 aromatic heterocycles. The lowest BCUT2D eigenvalue weighted by Gasteiger charge is -2.27. The van der Waals surface area contributed by atoms with Crippen molar-refractivity contribution in [3.05, 3.63) is 29.8 Å². The average Bonchev–Trinajstić information content (AvgIpc) is 2.67. The quantitative estimate of drug-likeness (QED) is 0.913. The molecule has 0 saturated carbocycles. The first-order valence-electron chi connectivity index (χ1n) is 6.40. The minimum atomic E-state index is 0. The summed E-state index contributed by atoms with van der Waals surface area (Å²) in [5, 5.41) is 3.44. The lowest BCUT2D eigenvalue weighted by molar-refractivity contribution is 0.225. The molecule has 1 aromatic carbocycles. The van der Waals surface area contributed by atoms with Gasteiger partial charge in [-0.15, -0.1) is 12.4 Å². The summed E-state index contributed by atoms with van der Waals surface area (Å²) in [4.78, 5) is 2.54. The number of ether oxygens (including phenoxy) is 1. The lowest BCUT2D eigenvalue weighted by Crippen LogP contribution is -2.30. The van der Waals surface area contributed by atoms with Crippen LogP contribution in [0.15, 0.2) is 24.3 Å². The van der Waals surface area contributed by atoms with E-state index in [0.29, 0.717) is 6.04 Å². The molecule has 0 radical (unpaired) electrons. The van der Waals surface area contributed by atoms with Gasteiger partial charge >= 0.3 is 0 Å². The lowest BCUT2D eigenvalue weighted by atomic mass is 10.1. The number of benzene rings is 1. The minimum absolute atomic E-state index is 0. The highest BCUT2D eigenvalue weighted by molar-refractivity contribution is 5.85. The topological polar surface area (TPSA) is 24.5 Å². The number of hydrogen-bond acceptors (Lipinski definition) is 3. The van der Waals surface area contributed by atoms with Gasteiger partial charge in [0.15, 0.2) is 0 Å². The molecular weight excluding hydrogens is 248 g/mol. The van der Waals surface area contributed by atoms with Crippen molar-refractivity contribution in [3.63, 3.8) is 0 Å². The van der Waals surface area contributed by atoms with E-state index in [1.807, 2.05) is 6.07 Å². The third-order valence-electron chi connectivity index (χ3n) is 3.50. The maximum absolute atomic E-state index is 5.29. The summed E-state index contributed by atoms with van der Waals surface area (Å²) in [5.41, 5.74) is 1.34. The standard InChI is InChI=1S/C14H22N2O.ClH/c1-12(16-9-4-7-15-8-10-16)13-5-3-6-14(11-13)17-2;/h3,5-6,11-12,15H,4,7-10H2,1-2H3;1H. The van der Waals surface area contributed by atoms with Gasteiger partial charge in [0.2, 0.25) is 0 Å². The zero-order valence-electron chi connectivity index (χ0n) is 11.2. The van der Waals surface area contributed by atoms with E-state index in [2.05, 4.69) is 35.3 Å². The fraction of sp³-hybridized carbons (Fsp3) is 0.571. The highest BCUT2D eigenvalue weighted by Gasteiger charge is 2.17. The van der Waals surface area contributed by atoms with Crippen LogP contribution < -0.4 is 10.1 Å². The molecule has 102 valence electrons. The van der Waals surface area contributed by atoms with Crippen molar-refractivity contribution in [2.24, 2.45) is 0 Å². The Morgan fingerprint density at radius 1 is 1.28 bits per heavy atom. The Morgan fingerprint density at radius 3 is 2.89 bits per heavy atom. The Labute approximate surface area is 116 Å². The zero-order chi connectivity index (χ0) is 12.1. The Balaban J connectivity index is 0.00000162. The van der Waals surface area contributed by atoms with Crippen LogP contribution in [0.1, 0.15) is 24.9 Å². The third-order valence-corrected chi connectivity index (χ3v) is 3.50. The first-order chi connectivity index (χ1) is 8.31. The predicted molar refractivity (Wildman–Crippen MR) is 77.7 cm³/mol. The molecule has 4 heteroatoms. The van der Waals surface area contributed by atoms with Gasteiger partial charge in [-0.05, 0) is 44.1 Å². The minimum Gasteiger partial charge on any atom is -0.497 e. The molecule has 1 aromatic rings. The van der Waals surface area contributed by atoms with Crippen molar-refractivity contribution in [3.8, 4) is 5.75 Å². The normalized spacial score (nSPS) is 18.6. The summed E-state index contributed by atoms with van der Waals surface area (Å²) in [6.45, 7) is 6.81. The Morgan fingerprint density at radius 2 is 2.11 bits per heavy atom. The molecule has 1 N–H and O–H groups in total. The molecule has 1 unspecified atom stereocenters. The first kappa shape index (κ1) is 15.3. The van der Waals surface area contributed by atoms with Crippen LogP contribution in [-0.2, 0) is 0 Å². The highest BCUT2D eigenvalue weighted by atomic mass is 35.5. The molecule has 1 heterocycles. The summed E-state index contributed by atoms with van der Waals surface area (Å²) in [7, 11) is 1.72. The molecule has 0 amide bonds. The van der Waals surface area contributed by atoms with Gasteiger partial charge in [-0.1, -0.05) is 12.1 Å². The van der Waals surface area contributed by atoms with Gasteiger partial charge in [0, 0.05) is 19.1 Å². The van der Waals surface area contributed by atoms with Gasteiger partial charge in [0.1, 0.15) is 5.75 Å². The molecule has 2 rings (SSSR count). The van der Waals surface area contributed by atoms with Crippen LogP contribution >= 0.6 is 12.4 Å². The third kappa shape index (κ3) is 3.87. The van der Waals surface area contributed by atoms with E-state index >= 15 is 0 Å². The summed E-state index contributed by atoms with van der Waals surface area (Å²) < 4.78 is 5.29. The zero-order valence-corrected chi connectivity index (χ0v) is 12.0. The van der Waals surface area contributed by atoms with Crippen LogP contribution in [0.3, 0.4) is 0 Å². The molecule has 0 bridgehead atoms. The van der Waals surface area contributed by atoms with Crippen molar-refractivity contribution in [1.29, 1.82) is 0 Å². The van der Waals surface area contributed by atoms with Crippen LogP contribution in [0.4, 0.5) is 0 Å². The number of nitrogens with one attached hydrogen (secondary N) is 1. The van der Waals surface area contributed by atoms with Gasteiger partial charge < -0.3 is 10.1 Å². The number of hydrogen-bond donors (Lipinski definition) is 1. The van der Waals surface area contributed by atoms with E-state index in [1.165, 1.54) is 18.5 Å². The second-order valence-electron chi connectivity index (χ2n) is 4.59.